The second-order valence-corrected chi connectivity index (χ2v) is 7.38. The lowest BCUT2D eigenvalue weighted by Gasteiger charge is -2.16. The first kappa shape index (κ1) is 20.6. The number of anilines is 2. The molecule has 3 amide bonds. The van der Waals surface area contributed by atoms with Gasteiger partial charge >= 0.3 is 0 Å². The molecule has 2 aromatic rings. The molecule has 29 heavy (non-hydrogen) atoms. The van der Waals surface area contributed by atoms with Crippen LogP contribution in [0.15, 0.2) is 48.5 Å². The molecule has 0 aromatic heterocycles. The van der Waals surface area contributed by atoms with Gasteiger partial charge in [0.25, 0.3) is 5.91 Å². The van der Waals surface area contributed by atoms with Crippen LogP contribution in [-0.4, -0.2) is 24.3 Å². The van der Waals surface area contributed by atoms with Crippen LogP contribution in [0.1, 0.15) is 49.0 Å². The molecule has 1 saturated heterocycles. The molecule has 0 radical (unpaired) electrons. The zero-order valence-corrected chi connectivity index (χ0v) is 16.9. The molecule has 1 heterocycles. The summed E-state index contributed by atoms with van der Waals surface area (Å²) in [5, 5.41) is 5.80. The Morgan fingerprint density at radius 1 is 1.14 bits per heavy atom. The van der Waals surface area contributed by atoms with E-state index in [0.29, 0.717) is 18.5 Å². The minimum atomic E-state index is -0.182. The first-order chi connectivity index (χ1) is 14.0. The van der Waals surface area contributed by atoms with Crippen molar-refractivity contribution in [1.29, 1.82) is 0 Å². The summed E-state index contributed by atoms with van der Waals surface area (Å²) in [6, 6.07) is 14.5. The summed E-state index contributed by atoms with van der Waals surface area (Å²) in [4.78, 5) is 38.1. The van der Waals surface area contributed by atoms with Crippen molar-refractivity contribution in [3.8, 4) is 0 Å². The molecule has 0 saturated carbocycles. The number of carbonyl (C=O) groups is 3. The van der Waals surface area contributed by atoms with Gasteiger partial charge in [0, 0.05) is 42.4 Å². The predicted octanol–water partition coefficient (Wildman–Crippen LogP) is 3.73. The van der Waals surface area contributed by atoms with Crippen LogP contribution >= 0.6 is 0 Å². The average molecular weight is 393 g/mol. The fraction of sp³-hybridized carbons (Fsp3) is 0.348. The molecule has 152 valence electrons. The topological polar surface area (TPSA) is 78.5 Å². The Hall–Kier alpha value is -3.15. The zero-order chi connectivity index (χ0) is 20.8. The second kappa shape index (κ2) is 9.37. The van der Waals surface area contributed by atoms with Crippen molar-refractivity contribution in [2.24, 2.45) is 5.92 Å². The maximum absolute atomic E-state index is 12.4. The fourth-order valence-corrected chi connectivity index (χ4v) is 3.21. The average Bonchev–Trinajstić information content (AvgIpc) is 3.17. The van der Waals surface area contributed by atoms with Crippen LogP contribution in [0.25, 0.3) is 0 Å². The lowest BCUT2D eigenvalue weighted by Crippen LogP contribution is -2.25. The van der Waals surface area contributed by atoms with E-state index in [4.69, 9.17) is 0 Å². The molecule has 1 aliphatic rings. The molecule has 2 aromatic carbocycles. The highest BCUT2D eigenvalue weighted by Crippen LogP contribution is 2.21. The van der Waals surface area contributed by atoms with Crippen LogP contribution in [0.4, 0.5) is 11.4 Å². The Kier molecular flexibility index (Phi) is 6.65. The van der Waals surface area contributed by atoms with E-state index in [1.165, 1.54) is 0 Å². The normalized spacial score (nSPS) is 14.6. The third-order valence-electron chi connectivity index (χ3n) is 5.22. The summed E-state index contributed by atoms with van der Waals surface area (Å²) >= 11 is 0. The Labute approximate surface area is 171 Å². The van der Waals surface area contributed by atoms with Crippen molar-refractivity contribution >= 4 is 29.1 Å². The summed E-state index contributed by atoms with van der Waals surface area (Å²) in [6.07, 6.45) is 2.24. The molecule has 0 aliphatic carbocycles. The molecule has 0 bridgehead atoms. The largest absolute Gasteiger partial charge is 0.348 e. The molecule has 6 heteroatoms. The molecule has 2 N–H and O–H groups in total. The van der Waals surface area contributed by atoms with Crippen molar-refractivity contribution in [1.82, 2.24) is 5.32 Å². The van der Waals surface area contributed by atoms with Crippen LogP contribution < -0.4 is 15.5 Å². The number of rotatable bonds is 7. The minimum absolute atomic E-state index is 0.00902. The quantitative estimate of drug-likeness (QED) is 0.752. The number of amides is 3. The minimum Gasteiger partial charge on any atom is -0.348 e. The van der Waals surface area contributed by atoms with Crippen molar-refractivity contribution in [2.75, 3.05) is 16.8 Å². The molecule has 0 spiro atoms. The van der Waals surface area contributed by atoms with Crippen molar-refractivity contribution in [3.05, 3.63) is 59.7 Å². The Balaban J connectivity index is 1.57. The summed E-state index contributed by atoms with van der Waals surface area (Å²) in [7, 11) is 0. The van der Waals surface area contributed by atoms with Gasteiger partial charge in [-0.15, -0.1) is 0 Å². The molecule has 1 fully saturated rings. The third kappa shape index (κ3) is 5.22. The molecule has 1 aliphatic heterocycles. The number of nitrogens with zero attached hydrogens (tertiary/aromatic N) is 1. The number of carbonyl (C=O) groups excluding carboxylic acids is 3. The van der Waals surface area contributed by atoms with E-state index in [2.05, 4.69) is 10.6 Å². The van der Waals surface area contributed by atoms with E-state index < -0.39 is 0 Å². The lowest BCUT2D eigenvalue weighted by molar-refractivity contribution is -0.119. The Morgan fingerprint density at radius 2 is 1.90 bits per heavy atom. The number of benzene rings is 2. The smallest absolute Gasteiger partial charge is 0.251 e. The molecule has 1 atom stereocenters. The highest BCUT2D eigenvalue weighted by Gasteiger charge is 2.21. The number of hydrogen-bond donors (Lipinski definition) is 2. The Bertz CT molecular complexity index is 892. The van der Waals surface area contributed by atoms with Gasteiger partial charge in [-0.25, -0.2) is 0 Å². The SMILES string of the molecule is CCC(C)C(=O)Nc1cccc(CNC(=O)c2ccc(N3CCCC3=O)cc2)c1. The zero-order valence-electron chi connectivity index (χ0n) is 16.9. The van der Waals surface area contributed by atoms with E-state index in [0.717, 1.165) is 36.3 Å². The van der Waals surface area contributed by atoms with Crippen LogP contribution in [0, 0.1) is 5.92 Å². The molecule has 3 rings (SSSR count). The van der Waals surface area contributed by atoms with Gasteiger partial charge in [0.2, 0.25) is 11.8 Å². The lowest BCUT2D eigenvalue weighted by atomic mass is 10.1. The predicted molar refractivity (Wildman–Crippen MR) is 114 cm³/mol. The van der Waals surface area contributed by atoms with Gasteiger partial charge in [-0.2, -0.15) is 0 Å². The van der Waals surface area contributed by atoms with Gasteiger partial charge in [-0.1, -0.05) is 26.0 Å². The second-order valence-electron chi connectivity index (χ2n) is 7.38. The standard InChI is InChI=1S/C23H27N3O3/c1-3-16(2)22(28)25-19-7-4-6-17(14-19)15-24-23(29)18-9-11-20(12-10-18)26-13-5-8-21(26)27/h4,6-7,9-12,14,16H,3,5,8,13,15H2,1-2H3,(H,24,29)(H,25,28). The first-order valence-electron chi connectivity index (χ1n) is 10.1. The maximum atomic E-state index is 12.4. The Morgan fingerprint density at radius 3 is 2.55 bits per heavy atom. The van der Waals surface area contributed by atoms with E-state index in [9.17, 15) is 14.4 Å². The summed E-state index contributed by atoms with van der Waals surface area (Å²) in [6.45, 7) is 4.96. The van der Waals surface area contributed by atoms with Gasteiger partial charge < -0.3 is 15.5 Å². The summed E-state index contributed by atoms with van der Waals surface area (Å²) < 4.78 is 0. The van der Waals surface area contributed by atoms with Crippen molar-refractivity contribution < 1.29 is 14.4 Å². The van der Waals surface area contributed by atoms with Gasteiger partial charge in [0.1, 0.15) is 0 Å². The highest BCUT2D eigenvalue weighted by molar-refractivity contribution is 5.97. The molecular weight excluding hydrogens is 366 g/mol. The summed E-state index contributed by atoms with van der Waals surface area (Å²) in [5.41, 5.74) is 3.00. The van der Waals surface area contributed by atoms with E-state index >= 15 is 0 Å². The first-order valence-corrected chi connectivity index (χ1v) is 10.1. The molecule has 6 nitrogen and oxygen atoms in total. The van der Waals surface area contributed by atoms with Crippen LogP contribution in [0.5, 0.6) is 0 Å². The van der Waals surface area contributed by atoms with Crippen molar-refractivity contribution in [2.45, 2.75) is 39.7 Å². The number of nitrogens with one attached hydrogen (secondary N) is 2. The van der Waals surface area contributed by atoms with E-state index in [-0.39, 0.29) is 23.6 Å². The van der Waals surface area contributed by atoms with Crippen LogP contribution in [0.2, 0.25) is 0 Å². The van der Waals surface area contributed by atoms with Crippen molar-refractivity contribution in [3.63, 3.8) is 0 Å². The van der Waals surface area contributed by atoms with Gasteiger partial charge in [0.05, 0.1) is 0 Å². The third-order valence-corrected chi connectivity index (χ3v) is 5.22. The summed E-state index contributed by atoms with van der Waals surface area (Å²) in [5.74, 6) is -0.108. The van der Waals surface area contributed by atoms with Gasteiger partial charge in [-0.3, -0.25) is 14.4 Å². The van der Waals surface area contributed by atoms with Crippen LogP contribution in [0.3, 0.4) is 0 Å². The molecule has 1 unspecified atom stereocenters. The van der Waals surface area contributed by atoms with Gasteiger partial charge in [-0.05, 0) is 54.8 Å². The maximum Gasteiger partial charge on any atom is 0.251 e. The van der Waals surface area contributed by atoms with E-state index in [1.54, 1.807) is 17.0 Å². The highest BCUT2D eigenvalue weighted by atomic mass is 16.2. The number of hydrogen-bond acceptors (Lipinski definition) is 3. The fourth-order valence-electron chi connectivity index (χ4n) is 3.21. The van der Waals surface area contributed by atoms with E-state index in [1.807, 2.05) is 50.2 Å². The molecular formula is C23H27N3O3. The van der Waals surface area contributed by atoms with Crippen LogP contribution in [-0.2, 0) is 16.1 Å². The van der Waals surface area contributed by atoms with Gasteiger partial charge in [0.15, 0.2) is 0 Å². The monoisotopic (exact) mass is 393 g/mol.